The highest BCUT2D eigenvalue weighted by molar-refractivity contribution is 7.18. The molecule has 2 aromatic rings. The molecule has 1 N–H and O–H groups in total. The average Bonchev–Trinajstić information content (AvgIpc) is 3.13. The summed E-state index contributed by atoms with van der Waals surface area (Å²) in [6, 6.07) is 0.634. The molecule has 7 nitrogen and oxygen atoms in total. The number of ether oxygens (including phenoxy) is 2. The summed E-state index contributed by atoms with van der Waals surface area (Å²) >= 11 is 1.67. The maximum atomic E-state index is 11.5. The van der Waals surface area contributed by atoms with Crippen molar-refractivity contribution in [1.29, 1.82) is 0 Å². The molecule has 2 aromatic heterocycles. The van der Waals surface area contributed by atoms with E-state index in [0.717, 1.165) is 74.2 Å². The van der Waals surface area contributed by atoms with Crippen molar-refractivity contribution in [2.45, 2.75) is 57.1 Å². The van der Waals surface area contributed by atoms with Gasteiger partial charge in [-0.3, -0.25) is 9.69 Å². The van der Waals surface area contributed by atoms with Gasteiger partial charge in [0.2, 0.25) is 5.88 Å². The molecule has 3 aliphatic rings. The predicted octanol–water partition coefficient (Wildman–Crippen LogP) is 2.90. The van der Waals surface area contributed by atoms with Crippen LogP contribution in [0.1, 0.15) is 42.5 Å². The molecule has 1 aliphatic heterocycles. The van der Waals surface area contributed by atoms with Crippen LogP contribution in [0.4, 0.5) is 0 Å². The second-order valence-electron chi connectivity index (χ2n) is 8.34. The first-order valence-electron chi connectivity index (χ1n) is 10.7. The van der Waals surface area contributed by atoms with E-state index in [1.165, 1.54) is 4.88 Å². The van der Waals surface area contributed by atoms with Crippen molar-refractivity contribution in [2.24, 2.45) is 5.92 Å². The Kier molecular flexibility index (Phi) is 5.41. The Balaban J connectivity index is 1.31. The zero-order valence-corrected chi connectivity index (χ0v) is 17.3. The summed E-state index contributed by atoms with van der Waals surface area (Å²) in [5, 5.41) is 10.4. The second kappa shape index (κ2) is 8.16. The van der Waals surface area contributed by atoms with Gasteiger partial charge in [-0.1, -0.05) is 0 Å². The van der Waals surface area contributed by atoms with E-state index < -0.39 is 5.97 Å². The van der Waals surface area contributed by atoms with E-state index in [0.29, 0.717) is 24.8 Å². The first-order valence-corrected chi connectivity index (χ1v) is 11.5. The number of carboxylic acids is 1. The number of carbonyl (C=O) groups is 1. The quantitative estimate of drug-likeness (QED) is 0.819. The number of carboxylic acid groups (broad SMARTS) is 1. The standard InChI is InChI=1S/C21H27N3O4S/c25-21(26)13-1-6-17-16(11-13)18-19(22-12-23-20(18)29-17)28-15-4-2-14(3-5-15)24-7-9-27-10-8-24/h12-15H,1-11H2,(H,25,26)/t13-,14?,15?/m0/s1. The Labute approximate surface area is 174 Å². The van der Waals surface area contributed by atoms with Gasteiger partial charge < -0.3 is 14.6 Å². The van der Waals surface area contributed by atoms with Crippen LogP contribution in [0.3, 0.4) is 0 Å². The minimum atomic E-state index is -0.712. The number of hydrogen-bond donors (Lipinski definition) is 1. The number of aromatic nitrogens is 2. The largest absolute Gasteiger partial charge is 0.481 e. The molecule has 0 unspecified atom stereocenters. The van der Waals surface area contributed by atoms with Gasteiger partial charge in [-0.05, 0) is 50.5 Å². The molecular weight excluding hydrogens is 390 g/mol. The summed E-state index contributed by atoms with van der Waals surface area (Å²) in [5.41, 5.74) is 1.10. The van der Waals surface area contributed by atoms with Crippen LogP contribution in [0.25, 0.3) is 10.2 Å². The molecule has 0 amide bonds. The highest BCUT2D eigenvalue weighted by Gasteiger charge is 2.31. The average molecular weight is 418 g/mol. The maximum absolute atomic E-state index is 11.5. The van der Waals surface area contributed by atoms with E-state index in [1.807, 2.05) is 0 Å². The fraction of sp³-hybridized carbons (Fsp3) is 0.667. The molecule has 156 valence electrons. The van der Waals surface area contributed by atoms with E-state index in [4.69, 9.17) is 9.47 Å². The molecule has 1 saturated heterocycles. The molecule has 1 atom stereocenters. The number of thiophene rings is 1. The summed E-state index contributed by atoms with van der Waals surface area (Å²) in [5.74, 6) is -0.388. The third-order valence-electron chi connectivity index (χ3n) is 6.64. The van der Waals surface area contributed by atoms with Crippen molar-refractivity contribution in [3.8, 4) is 5.88 Å². The smallest absolute Gasteiger partial charge is 0.306 e. The highest BCUT2D eigenvalue weighted by atomic mass is 32.1. The van der Waals surface area contributed by atoms with Gasteiger partial charge in [0.15, 0.2) is 0 Å². The molecule has 2 aliphatic carbocycles. The van der Waals surface area contributed by atoms with Gasteiger partial charge in [-0.25, -0.2) is 9.97 Å². The molecule has 0 aromatic carbocycles. The van der Waals surface area contributed by atoms with E-state index >= 15 is 0 Å². The topological polar surface area (TPSA) is 84.8 Å². The van der Waals surface area contributed by atoms with Crippen molar-refractivity contribution in [2.75, 3.05) is 26.3 Å². The zero-order chi connectivity index (χ0) is 19.8. The summed E-state index contributed by atoms with van der Waals surface area (Å²) in [6.07, 6.45) is 8.13. The van der Waals surface area contributed by atoms with Gasteiger partial charge >= 0.3 is 5.97 Å². The van der Waals surface area contributed by atoms with E-state index in [9.17, 15) is 9.90 Å². The van der Waals surface area contributed by atoms with Crippen molar-refractivity contribution in [3.63, 3.8) is 0 Å². The van der Waals surface area contributed by atoms with E-state index in [-0.39, 0.29) is 12.0 Å². The lowest BCUT2D eigenvalue weighted by molar-refractivity contribution is -0.142. The monoisotopic (exact) mass is 417 g/mol. The Morgan fingerprint density at radius 1 is 1.17 bits per heavy atom. The number of aliphatic carboxylic acids is 1. The van der Waals surface area contributed by atoms with Crippen molar-refractivity contribution in [1.82, 2.24) is 14.9 Å². The fourth-order valence-electron chi connectivity index (χ4n) is 5.01. The van der Waals surface area contributed by atoms with E-state index in [1.54, 1.807) is 17.7 Å². The Bertz CT molecular complexity index is 887. The van der Waals surface area contributed by atoms with E-state index in [2.05, 4.69) is 14.9 Å². The number of fused-ring (bicyclic) bond motifs is 3. The van der Waals surface area contributed by atoms with Crippen LogP contribution in [0, 0.1) is 5.92 Å². The number of morpholine rings is 1. The van der Waals surface area contributed by atoms with Gasteiger partial charge in [0.25, 0.3) is 0 Å². The third kappa shape index (κ3) is 3.85. The summed E-state index contributed by atoms with van der Waals surface area (Å²) in [7, 11) is 0. The molecule has 0 bridgehead atoms. The lowest BCUT2D eigenvalue weighted by Gasteiger charge is -2.38. The SMILES string of the molecule is O=C(O)[C@H]1CCc2sc3ncnc(OC4CCC(N5CCOCC5)CC4)c3c2C1. The molecule has 0 spiro atoms. The zero-order valence-electron chi connectivity index (χ0n) is 16.5. The van der Waals surface area contributed by atoms with Gasteiger partial charge in [-0.15, -0.1) is 11.3 Å². The predicted molar refractivity (Wildman–Crippen MR) is 110 cm³/mol. The summed E-state index contributed by atoms with van der Waals surface area (Å²) in [6.45, 7) is 3.76. The van der Waals surface area contributed by atoms with Crippen molar-refractivity contribution in [3.05, 3.63) is 16.8 Å². The minimum absolute atomic E-state index is 0.166. The van der Waals surface area contributed by atoms with Crippen LogP contribution in [-0.2, 0) is 22.4 Å². The molecule has 5 rings (SSSR count). The van der Waals surface area contributed by atoms with Gasteiger partial charge in [0.1, 0.15) is 17.3 Å². The number of rotatable bonds is 4. The van der Waals surface area contributed by atoms with Crippen LogP contribution in [0.2, 0.25) is 0 Å². The highest BCUT2D eigenvalue weighted by Crippen LogP contribution is 2.41. The Morgan fingerprint density at radius 3 is 2.72 bits per heavy atom. The fourth-order valence-corrected chi connectivity index (χ4v) is 6.18. The Morgan fingerprint density at radius 2 is 1.97 bits per heavy atom. The molecule has 1 saturated carbocycles. The van der Waals surface area contributed by atoms with Crippen LogP contribution in [0.15, 0.2) is 6.33 Å². The second-order valence-corrected chi connectivity index (χ2v) is 9.42. The number of nitrogens with zero attached hydrogens (tertiary/aromatic N) is 3. The number of hydrogen-bond acceptors (Lipinski definition) is 7. The molecule has 8 heteroatoms. The number of aryl methyl sites for hydroxylation is 1. The molecule has 3 heterocycles. The molecule has 0 radical (unpaired) electrons. The summed E-state index contributed by atoms with van der Waals surface area (Å²) < 4.78 is 11.9. The molecular formula is C21H27N3O4S. The van der Waals surface area contributed by atoms with Crippen LogP contribution >= 0.6 is 11.3 Å². The molecule has 29 heavy (non-hydrogen) atoms. The molecule has 2 fully saturated rings. The summed E-state index contributed by atoms with van der Waals surface area (Å²) in [4.78, 5) is 25.2. The third-order valence-corrected chi connectivity index (χ3v) is 7.84. The van der Waals surface area contributed by atoms with Crippen molar-refractivity contribution >= 4 is 27.5 Å². The maximum Gasteiger partial charge on any atom is 0.306 e. The van der Waals surface area contributed by atoms with Gasteiger partial charge in [-0.2, -0.15) is 0 Å². The normalized spacial score (nSPS) is 28.2. The van der Waals surface area contributed by atoms with Gasteiger partial charge in [0.05, 0.1) is 24.5 Å². The lowest BCUT2D eigenvalue weighted by atomic mass is 9.87. The van der Waals surface area contributed by atoms with Crippen LogP contribution < -0.4 is 4.74 Å². The van der Waals surface area contributed by atoms with Crippen LogP contribution in [-0.4, -0.2) is 64.4 Å². The van der Waals surface area contributed by atoms with Gasteiger partial charge in [0, 0.05) is 24.0 Å². The van der Waals surface area contributed by atoms with Crippen LogP contribution in [0.5, 0.6) is 5.88 Å². The Hall–Kier alpha value is -1.77. The minimum Gasteiger partial charge on any atom is -0.481 e. The first kappa shape index (κ1) is 19.2. The van der Waals surface area contributed by atoms with Crippen molar-refractivity contribution < 1.29 is 19.4 Å². The first-order chi connectivity index (χ1) is 14.2. The lowest BCUT2D eigenvalue weighted by Crippen LogP contribution is -2.46.